The minimum atomic E-state index is -3.80. The topological polar surface area (TPSA) is 102 Å². The second-order valence-corrected chi connectivity index (χ2v) is 6.44. The van der Waals surface area contributed by atoms with Crippen LogP contribution in [0.25, 0.3) is 0 Å². The standard InChI is InChI=1S/C14H18N4O4S/c1-4-22-14(19)16-11-6-5-7-12(10(11)2)17-23(20,21)13-8-18(3)9-15-13/h5-9,17H,4H2,1-3H3,(H,16,19). The van der Waals surface area contributed by atoms with Crippen LogP contribution in [0.5, 0.6) is 0 Å². The maximum Gasteiger partial charge on any atom is 0.411 e. The lowest BCUT2D eigenvalue weighted by Gasteiger charge is -2.13. The zero-order chi connectivity index (χ0) is 17.0. The summed E-state index contributed by atoms with van der Waals surface area (Å²) >= 11 is 0. The van der Waals surface area contributed by atoms with Gasteiger partial charge in [0.05, 0.1) is 18.6 Å². The Bertz CT molecular complexity index is 814. The van der Waals surface area contributed by atoms with Crippen molar-refractivity contribution in [1.82, 2.24) is 9.55 Å². The molecule has 2 aromatic rings. The van der Waals surface area contributed by atoms with E-state index in [-0.39, 0.29) is 11.6 Å². The molecule has 2 rings (SSSR count). The van der Waals surface area contributed by atoms with Crippen molar-refractivity contribution in [2.24, 2.45) is 7.05 Å². The normalized spacial score (nSPS) is 11.1. The van der Waals surface area contributed by atoms with E-state index in [0.29, 0.717) is 16.9 Å². The number of hydrogen-bond acceptors (Lipinski definition) is 5. The highest BCUT2D eigenvalue weighted by Crippen LogP contribution is 2.25. The van der Waals surface area contributed by atoms with E-state index in [0.717, 1.165) is 0 Å². The highest BCUT2D eigenvalue weighted by Gasteiger charge is 2.19. The van der Waals surface area contributed by atoms with Crippen LogP contribution in [-0.4, -0.2) is 30.7 Å². The summed E-state index contributed by atoms with van der Waals surface area (Å²) in [6.07, 6.45) is 2.21. The van der Waals surface area contributed by atoms with Crippen LogP contribution < -0.4 is 10.0 Å². The molecule has 0 radical (unpaired) electrons. The molecular formula is C14H18N4O4S. The monoisotopic (exact) mass is 338 g/mol. The molecule has 1 heterocycles. The van der Waals surface area contributed by atoms with Gasteiger partial charge in [-0.05, 0) is 31.5 Å². The number of rotatable bonds is 5. The first kappa shape index (κ1) is 16.8. The van der Waals surface area contributed by atoms with E-state index in [2.05, 4.69) is 15.0 Å². The number of nitrogens with one attached hydrogen (secondary N) is 2. The molecule has 0 saturated carbocycles. The first-order valence-electron chi connectivity index (χ1n) is 6.87. The Morgan fingerprint density at radius 1 is 1.35 bits per heavy atom. The van der Waals surface area contributed by atoms with Gasteiger partial charge >= 0.3 is 6.09 Å². The molecule has 0 unspecified atom stereocenters. The average Bonchev–Trinajstić information content (AvgIpc) is 2.91. The number of hydrogen-bond donors (Lipinski definition) is 2. The van der Waals surface area contributed by atoms with Crippen LogP contribution in [0.1, 0.15) is 12.5 Å². The number of aryl methyl sites for hydroxylation is 1. The van der Waals surface area contributed by atoms with Crippen molar-refractivity contribution >= 4 is 27.5 Å². The van der Waals surface area contributed by atoms with Gasteiger partial charge in [0.2, 0.25) is 0 Å². The van der Waals surface area contributed by atoms with Gasteiger partial charge in [0.15, 0.2) is 5.03 Å². The van der Waals surface area contributed by atoms with E-state index in [4.69, 9.17) is 4.74 Å². The van der Waals surface area contributed by atoms with E-state index in [1.165, 1.54) is 12.5 Å². The Hall–Kier alpha value is -2.55. The lowest BCUT2D eigenvalue weighted by molar-refractivity contribution is 0.168. The van der Waals surface area contributed by atoms with Crippen LogP contribution in [-0.2, 0) is 21.8 Å². The van der Waals surface area contributed by atoms with Gasteiger partial charge in [-0.3, -0.25) is 10.0 Å². The largest absolute Gasteiger partial charge is 0.450 e. The van der Waals surface area contributed by atoms with Gasteiger partial charge in [-0.15, -0.1) is 0 Å². The molecule has 0 aliphatic heterocycles. The molecule has 0 atom stereocenters. The Kier molecular flexibility index (Phi) is 4.89. The number of anilines is 2. The van der Waals surface area contributed by atoms with Crippen LogP contribution >= 0.6 is 0 Å². The fourth-order valence-electron chi connectivity index (χ4n) is 1.88. The number of aromatic nitrogens is 2. The third-order valence-corrected chi connectivity index (χ3v) is 4.30. The van der Waals surface area contributed by atoms with E-state index >= 15 is 0 Å². The third-order valence-electron chi connectivity index (χ3n) is 3.05. The van der Waals surface area contributed by atoms with Crippen LogP contribution in [0.4, 0.5) is 16.2 Å². The first-order chi connectivity index (χ1) is 10.8. The number of benzene rings is 1. The molecule has 0 bridgehead atoms. The lowest BCUT2D eigenvalue weighted by Crippen LogP contribution is -2.17. The fourth-order valence-corrected chi connectivity index (χ4v) is 2.99. The van der Waals surface area contributed by atoms with Gasteiger partial charge in [0.25, 0.3) is 10.0 Å². The van der Waals surface area contributed by atoms with Gasteiger partial charge in [-0.2, -0.15) is 8.42 Å². The Balaban J connectivity index is 2.25. The molecule has 1 aromatic carbocycles. The Morgan fingerprint density at radius 3 is 2.65 bits per heavy atom. The van der Waals surface area contributed by atoms with Gasteiger partial charge in [0.1, 0.15) is 0 Å². The predicted octanol–water partition coefficient (Wildman–Crippen LogP) is 2.10. The molecular weight excluding hydrogens is 320 g/mol. The minimum Gasteiger partial charge on any atom is -0.450 e. The van der Waals surface area contributed by atoms with Crippen LogP contribution in [0.2, 0.25) is 0 Å². The number of imidazole rings is 1. The number of nitrogens with zero attached hydrogens (tertiary/aromatic N) is 2. The number of amides is 1. The van der Waals surface area contributed by atoms with Crippen molar-refractivity contribution in [3.63, 3.8) is 0 Å². The molecule has 1 aromatic heterocycles. The molecule has 2 N–H and O–H groups in total. The highest BCUT2D eigenvalue weighted by atomic mass is 32.2. The van der Waals surface area contributed by atoms with E-state index in [9.17, 15) is 13.2 Å². The molecule has 23 heavy (non-hydrogen) atoms. The highest BCUT2D eigenvalue weighted by molar-refractivity contribution is 7.92. The van der Waals surface area contributed by atoms with Crippen LogP contribution in [0.3, 0.4) is 0 Å². The molecule has 0 fully saturated rings. The van der Waals surface area contributed by atoms with Gasteiger partial charge in [0, 0.05) is 18.9 Å². The molecule has 0 saturated heterocycles. The summed E-state index contributed by atoms with van der Waals surface area (Å²) in [5, 5.41) is 2.49. The van der Waals surface area contributed by atoms with Gasteiger partial charge < -0.3 is 9.30 Å². The zero-order valence-corrected chi connectivity index (χ0v) is 13.8. The van der Waals surface area contributed by atoms with Crippen molar-refractivity contribution in [3.05, 3.63) is 36.3 Å². The maximum atomic E-state index is 12.3. The van der Waals surface area contributed by atoms with Crippen molar-refractivity contribution < 1.29 is 17.9 Å². The van der Waals surface area contributed by atoms with Crippen LogP contribution in [0.15, 0.2) is 35.7 Å². The average molecular weight is 338 g/mol. The number of carbonyl (C=O) groups excluding carboxylic acids is 1. The van der Waals surface area contributed by atoms with Crippen molar-refractivity contribution in [2.45, 2.75) is 18.9 Å². The summed E-state index contributed by atoms with van der Waals surface area (Å²) in [6, 6.07) is 4.89. The Morgan fingerprint density at radius 2 is 2.04 bits per heavy atom. The first-order valence-corrected chi connectivity index (χ1v) is 8.36. The van der Waals surface area contributed by atoms with Gasteiger partial charge in [-0.1, -0.05) is 6.07 Å². The predicted molar refractivity (Wildman–Crippen MR) is 85.8 cm³/mol. The number of ether oxygens (including phenoxy) is 1. The van der Waals surface area contributed by atoms with E-state index in [1.807, 2.05) is 0 Å². The second kappa shape index (κ2) is 6.69. The molecule has 0 aliphatic carbocycles. The van der Waals surface area contributed by atoms with Gasteiger partial charge in [-0.25, -0.2) is 9.78 Å². The summed E-state index contributed by atoms with van der Waals surface area (Å²) in [5.41, 5.74) is 1.38. The van der Waals surface area contributed by atoms with Crippen molar-refractivity contribution in [3.8, 4) is 0 Å². The number of carbonyl (C=O) groups is 1. The fraction of sp³-hybridized carbons (Fsp3) is 0.286. The van der Waals surface area contributed by atoms with Crippen molar-refractivity contribution in [1.29, 1.82) is 0 Å². The quantitative estimate of drug-likeness (QED) is 0.869. The molecule has 0 aliphatic rings. The molecule has 1 amide bonds. The molecule has 124 valence electrons. The SMILES string of the molecule is CCOC(=O)Nc1cccc(NS(=O)(=O)c2cn(C)cn2)c1C. The number of sulfonamides is 1. The minimum absolute atomic E-state index is 0.0804. The summed E-state index contributed by atoms with van der Waals surface area (Å²) < 4.78 is 33.4. The second-order valence-electron chi connectivity index (χ2n) is 4.81. The molecule has 9 heteroatoms. The lowest BCUT2D eigenvalue weighted by atomic mass is 10.1. The summed E-state index contributed by atoms with van der Waals surface area (Å²) in [6.45, 7) is 3.64. The van der Waals surface area contributed by atoms with Crippen molar-refractivity contribution in [2.75, 3.05) is 16.6 Å². The maximum absolute atomic E-state index is 12.3. The summed E-state index contributed by atoms with van der Waals surface area (Å²) in [5.74, 6) is 0. The summed E-state index contributed by atoms with van der Waals surface area (Å²) in [7, 11) is -2.11. The molecule has 8 nitrogen and oxygen atoms in total. The zero-order valence-electron chi connectivity index (χ0n) is 13.0. The Labute approximate surface area is 134 Å². The smallest absolute Gasteiger partial charge is 0.411 e. The third kappa shape index (κ3) is 4.01. The van der Waals surface area contributed by atoms with E-state index in [1.54, 1.807) is 43.7 Å². The molecule has 0 spiro atoms. The van der Waals surface area contributed by atoms with Crippen LogP contribution in [0, 0.1) is 6.92 Å². The summed E-state index contributed by atoms with van der Waals surface area (Å²) in [4.78, 5) is 15.3. The van der Waals surface area contributed by atoms with E-state index < -0.39 is 16.1 Å².